The van der Waals surface area contributed by atoms with E-state index in [1.165, 1.54) is 19.4 Å². The van der Waals surface area contributed by atoms with E-state index < -0.39 is 17.5 Å². The molecule has 1 heterocycles. The third-order valence-electron chi connectivity index (χ3n) is 5.90. The molecule has 1 amide bonds. The fourth-order valence-corrected chi connectivity index (χ4v) is 3.84. The Morgan fingerprint density at radius 3 is 2.00 bits per heavy atom. The minimum Gasteiger partial charge on any atom is -0.463 e. The molecule has 2 aromatic rings. The number of benzene rings is 2. The summed E-state index contributed by atoms with van der Waals surface area (Å²) in [6.07, 6.45) is 2.19. The van der Waals surface area contributed by atoms with E-state index in [0.717, 1.165) is 23.2 Å². The lowest BCUT2D eigenvalue weighted by atomic mass is 9.91. The molecule has 1 fully saturated rings. The molecule has 1 unspecified atom stereocenters. The Kier molecular flexibility index (Phi) is 7.87. The highest BCUT2D eigenvalue weighted by Gasteiger charge is 2.38. The van der Waals surface area contributed by atoms with Crippen molar-refractivity contribution >= 4 is 23.5 Å². The fraction of sp³-hybridized carbons (Fsp3) is 0.423. The zero-order valence-electron chi connectivity index (χ0n) is 19.4. The van der Waals surface area contributed by atoms with Crippen molar-refractivity contribution in [2.24, 2.45) is 0 Å². The standard InChI is InChI=1S/C26H31NO6/c1-4-20-7-11-23(12-8-20)27-24(15-25(27)30)22-9-5-21(6-10-22)13-14-26(31,16-32-18(2)28)17-33-19(3)29/h5-12,24,31H,4,13-17H2,1-3H3. The number of aryl methyl sites for hydroxylation is 2. The summed E-state index contributed by atoms with van der Waals surface area (Å²) < 4.78 is 9.92. The third-order valence-corrected chi connectivity index (χ3v) is 5.90. The van der Waals surface area contributed by atoms with Crippen LogP contribution in [0.5, 0.6) is 0 Å². The minimum atomic E-state index is -1.46. The third kappa shape index (κ3) is 6.42. The van der Waals surface area contributed by atoms with E-state index in [-0.39, 0.29) is 31.6 Å². The average molecular weight is 454 g/mol. The van der Waals surface area contributed by atoms with E-state index in [9.17, 15) is 19.5 Å². The molecule has 33 heavy (non-hydrogen) atoms. The molecular formula is C26H31NO6. The van der Waals surface area contributed by atoms with Gasteiger partial charge in [0.15, 0.2) is 0 Å². The summed E-state index contributed by atoms with van der Waals surface area (Å²) in [6.45, 7) is 4.13. The van der Waals surface area contributed by atoms with Crippen LogP contribution >= 0.6 is 0 Å². The lowest BCUT2D eigenvalue weighted by Gasteiger charge is -2.41. The molecule has 1 atom stereocenters. The maximum absolute atomic E-state index is 12.3. The Bertz CT molecular complexity index is 965. The molecule has 3 rings (SSSR count). The molecule has 0 spiro atoms. The molecular weight excluding hydrogens is 422 g/mol. The second-order valence-electron chi connectivity index (χ2n) is 8.53. The zero-order chi connectivity index (χ0) is 24.0. The monoisotopic (exact) mass is 453 g/mol. The first-order valence-electron chi connectivity index (χ1n) is 11.2. The Morgan fingerprint density at radius 2 is 1.52 bits per heavy atom. The summed E-state index contributed by atoms with van der Waals surface area (Å²) in [7, 11) is 0. The van der Waals surface area contributed by atoms with Crippen molar-refractivity contribution in [2.45, 2.75) is 58.1 Å². The van der Waals surface area contributed by atoms with Crippen LogP contribution in [0.15, 0.2) is 48.5 Å². The first-order chi connectivity index (χ1) is 15.7. The van der Waals surface area contributed by atoms with E-state index in [0.29, 0.717) is 12.8 Å². The van der Waals surface area contributed by atoms with Gasteiger partial charge < -0.3 is 19.5 Å². The molecule has 0 aromatic heterocycles. The van der Waals surface area contributed by atoms with Gasteiger partial charge in [0, 0.05) is 19.5 Å². The van der Waals surface area contributed by atoms with Crippen LogP contribution in [0.4, 0.5) is 5.69 Å². The first-order valence-corrected chi connectivity index (χ1v) is 11.2. The van der Waals surface area contributed by atoms with Crippen LogP contribution in [0.1, 0.15) is 56.3 Å². The number of carbonyl (C=O) groups excluding carboxylic acids is 3. The molecule has 7 heteroatoms. The van der Waals surface area contributed by atoms with Crippen LogP contribution in [0.25, 0.3) is 0 Å². The summed E-state index contributed by atoms with van der Waals surface area (Å²) in [4.78, 5) is 36.4. The number of carbonyl (C=O) groups is 3. The van der Waals surface area contributed by atoms with Crippen molar-refractivity contribution in [3.05, 3.63) is 65.2 Å². The summed E-state index contributed by atoms with van der Waals surface area (Å²) in [6, 6.07) is 16.0. The molecule has 0 bridgehead atoms. The Balaban J connectivity index is 1.64. The molecule has 0 saturated carbocycles. The van der Waals surface area contributed by atoms with Crippen LogP contribution in [0, 0.1) is 0 Å². The van der Waals surface area contributed by atoms with Gasteiger partial charge in [-0.25, -0.2) is 0 Å². The minimum absolute atomic E-state index is 0.00360. The number of esters is 2. The van der Waals surface area contributed by atoms with Crippen LogP contribution in [-0.4, -0.2) is 41.8 Å². The largest absolute Gasteiger partial charge is 0.463 e. The second kappa shape index (κ2) is 10.6. The van der Waals surface area contributed by atoms with E-state index >= 15 is 0 Å². The predicted octanol–water partition coefficient (Wildman–Crippen LogP) is 3.52. The van der Waals surface area contributed by atoms with Gasteiger partial charge in [-0.15, -0.1) is 0 Å². The van der Waals surface area contributed by atoms with Gasteiger partial charge in [0.2, 0.25) is 5.91 Å². The van der Waals surface area contributed by atoms with Crippen LogP contribution in [0.3, 0.4) is 0 Å². The first kappa shape index (κ1) is 24.5. The summed E-state index contributed by atoms with van der Waals surface area (Å²) in [5.41, 5.74) is 2.70. The normalized spacial score (nSPS) is 15.7. The van der Waals surface area contributed by atoms with Crippen molar-refractivity contribution in [3.63, 3.8) is 0 Å². The quantitative estimate of drug-likeness (QED) is 0.437. The SMILES string of the molecule is CCc1ccc(N2C(=O)CC2c2ccc(CCC(O)(COC(C)=O)COC(C)=O)cc2)cc1. The van der Waals surface area contributed by atoms with Crippen LogP contribution < -0.4 is 4.90 Å². The number of rotatable bonds is 10. The highest BCUT2D eigenvalue weighted by atomic mass is 16.6. The van der Waals surface area contributed by atoms with Gasteiger partial charge in [0.05, 0.1) is 12.5 Å². The van der Waals surface area contributed by atoms with Gasteiger partial charge in [-0.2, -0.15) is 0 Å². The second-order valence-corrected chi connectivity index (χ2v) is 8.53. The lowest BCUT2D eigenvalue weighted by molar-refractivity contribution is -0.161. The number of aliphatic hydroxyl groups is 1. The average Bonchev–Trinajstić information content (AvgIpc) is 2.79. The molecule has 1 saturated heterocycles. The Morgan fingerprint density at radius 1 is 0.970 bits per heavy atom. The van der Waals surface area contributed by atoms with E-state index in [2.05, 4.69) is 6.92 Å². The van der Waals surface area contributed by atoms with Crippen molar-refractivity contribution in [1.29, 1.82) is 0 Å². The van der Waals surface area contributed by atoms with Gasteiger partial charge in [-0.1, -0.05) is 43.3 Å². The number of amides is 1. The van der Waals surface area contributed by atoms with E-state index in [4.69, 9.17) is 9.47 Å². The molecule has 7 nitrogen and oxygen atoms in total. The molecule has 1 aliphatic rings. The number of hydrogen-bond acceptors (Lipinski definition) is 6. The zero-order valence-corrected chi connectivity index (χ0v) is 19.4. The van der Waals surface area contributed by atoms with Gasteiger partial charge in [0.25, 0.3) is 0 Å². The van der Waals surface area contributed by atoms with E-state index in [1.54, 1.807) is 0 Å². The molecule has 0 radical (unpaired) electrons. The fourth-order valence-electron chi connectivity index (χ4n) is 3.84. The topological polar surface area (TPSA) is 93.1 Å². The van der Waals surface area contributed by atoms with Crippen molar-refractivity contribution < 1.29 is 29.0 Å². The van der Waals surface area contributed by atoms with Crippen LogP contribution in [-0.2, 0) is 36.7 Å². The number of β-lactam (4-membered cyclic amide) rings is 1. The van der Waals surface area contributed by atoms with Gasteiger partial charge in [-0.05, 0) is 48.1 Å². The highest BCUT2D eigenvalue weighted by molar-refractivity contribution is 6.01. The number of anilines is 1. The summed E-state index contributed by atoms with van der Waals surface area (Å²) in [5, 5.41) is 10.8. The molecule has 1 aliphatic heterocycles. The Hall–Kier alpha value is -3.19. The Labute approximate surface area is 194 Å². The highest BCUT2D eigenvalue weighted by Crippen LogP contribution is 2.39. The number of nitrogens with zero attached hydrogens (tertiary/aromatic N) is 1. The molecule has 0 aliphatic carbocycles. The maximum atomic E-state index is 12.3. The number of hydrogen-bond donors (Lipinski definition) is 1. The predicted molar refractivity (Wildman–Crippen MR) is 124 cm³/mol. The molecule has 176 valence electrons. The lowest BCUT2D eigenvalue weighted by Crippen LogP contribution is -2.46. The summed E-state index contributed by atoms with van der Waals surface area (Å²) in [5.74, 6) is -0.914. The van der Waals surface area contributed by atoms with Gasteiger partial charge >= 0.3 is 11.9 Å². The number of ether oxygens (including phenoxy) is 2. The summed E-state index contributed by atoms with van der Waals surface area (Å²) >= 11 is 0. The van der Waals surface area contributed by atoms with Gasteiger partial charge in [0.1, 0.15) is 18.8 Å². The van der Waals surface area contributed by atoms with Crippen molar-refractivity contribution in [3.8, 4) is 0 Å². The molecule has 1 N–H and O–H groups in total. The van der Waals surface area contributed by atoms with E-state index in [1.807, 2.05) is 53.4 Å². The van der Waals surface area contributed by atoms with Crippen molar-refractivity contribution in [2.75, 3.05) is 18.1 Å². The smallest absolute Gasteiger partial charge is 0.302 e. The van der Waals surface area contributed by atoms with Crippen molar-refractivity contribution in [1.82, 2.24) is 0 Å². The molecule has 2 aromatic carbocycles. The van der Waals surface area contributed by atoms with Gasteiger partial charge in [-0.3, -0.25) is 14.4 Å². The maximum Gasteiger partial charge on any atom is 0.302 e. The van der Waals surface area contributed by atoms with Crippen LogP contribution in [0.2, 0.25) is 0 Å².